The average Bonchev–Trinajstić information content (AvgIpc) is 3.18. The van der Waals surface area contributed by atoms with Crippen molar-refractivity contribution in [3.05, 3.63) is 35.0 Å². The fourth-order valence-corrected chi connectivity index (χ4v) is 5.08. The molecule has 1 fully saturated rings. The second-order valence-electron chi connectivity index (χ2n) is 6.79. The van der Waals surface area contributed by atoms with Crippen molar-refractivity contribution in [1.29, 1.82) is 0 Å². The Balaban J connectivity index is 1.50. The van der Waals surface area contributed by atoms with Gasteiger partial charge in [0.05, 0.1) is 0 Å². The highest BCUT2D eigenvalue weighted by atomic mass is 32.2. The van der Waals surface area contributed by atoms with E-state index in [9.17, 15) is 19.5 Å². The number of amides is 2. The molecule has 3 heterocycles. The molecule has 1 aliphatic carbocycles. The fraction of sp³-hybridized carbons (Fsp3) is 0.389. The molecular formula is C18H19N5O5S2. The summed E-state index contributed by atoms with van der Waals surface area (Å²) in [5.74, 6) is -1.86. The Bertz CT molecular complexity index is 972. The lowest BCUT2D eigenvalue weighted by Crippen LogP contribution is -2.70. The lowest BCUT2D eigenvalue weighted by molar-refractivity contribution is -0.150. The summed E-state index contributed by atoms with van der Waals surface area (Å²) in [7, 11) is 0. The summed E-state index contributed by atoms with van der Waals surface area (Å²) in [6.45, 7) is 0. The minimum absolute atomic E-state index is 0.0668. The van der Waals surface area contributed by atoms with Crippen molar-refractivity contribution in [2.24, 2.45) is 5.16 Å². The standard InChI is InChI=1S/C18H19N5O5S2/c19-18-20-10(8-30-18)12(22-28-9-4-2-1-3-5-9)14(24)21-13-15(25)23-11(17(26)27)6-7-29-16(13)23/h2,4,6,8-9,13,16H,1,3,5,7H2,(H2,19,20)(H,21,24)(H,26,27)/b22-12-/t9?,13?,16-/m1/s1. The third kappa shape index (κ3) is 3.92. The molecule has 2 aliphatic heterocycles. The highest BCUT2D eigenvalue weighted by Crippen LogP contribution is 2.37. The predicted molar refractivity (Wildman–Crippen MR) is 112 cm³/mol. The van der Waals surface area contributed by atoms with Gasteiger partial charge in [-0.25, -0.2) is 9.78 Å². The van der Waals surface area contributed by atoms with Crippen LogP contribution >= 0.6 is 23.1 Å². The van der Waals surface area contributed by atoms with Crippen LogP contribution in [0.5, 0.6) is 0 Å². The van der Waals surface area contributed by atoms with Gasteiger partial charge in [-0.1, -0.05) is 11.2 Å². The molecule has 3 aliphatic rings. The van der Waals surface area contributed by atoms with Gasteiger partial charge >= 0.3 is 5.97 Å². The van der Waals surface area contributed by atoms with Crippen LogP contribution < -0.4 is 11.1 Å². The number of nitrogens with two attached hydrogens (primary N) is 1. The first-order valence-corrected chi connectivity index (χ1v) is 11.2. The first kappa shape index (κ1) is 20.4. The molecule has 0 spiro atoms. The number of anilines is 1. The molecule has 0 aromatic carbocycles. The molecule has 1 aromatic rings. The van der Waals surface area contributed by atoms with E-state index in [1.54, 1.807) is 5.38 Å². The Morgan fingerprint density at radius 1 is 1.43 bits per heavy atom. The van der Waals surface area contributed by atoms with Crippen LogP contribution in [0.2, 0.25) is 0 Å². The number of carbonyl (C=O) groups excluding carboxylic acids is 2. The Kier molecular flexibility index (Phi) is 5.77. The van der Waals surface area contributed by atoms with Crippen LogP contribution in [0.3, 0.4) is 0 Å². The number of fused-ring (bicyclic) bond motifs is 1. The van der Waals surface area contributed by atoms with E-state index in [1.165, 1.54) is 22.7 Å². The van der Waals surface area contributed by atoms with Crippen molar-refractivity contribution in [1.82, 2.24) is 15.2 Å². The summed E-state index contributed by atoms with van der Waals surface area (Å²) in [5, 5.41) is 17.3. The van der Waals surface area contributed by atoms with Crippen LogP contribution in [0.1, 0.15) is 25.0 Å². The number of carboxylic acid groups (broad SMARTS) is 1. The number of hydrogen-bond acceptors (Lipinski definition) is 9. The smallest absolute Gasteiger partial charge is 0.352 e. The summed E-state index contributed by atoms with van der Waals surface area (Å²) in [6.07, 6.45) is 7.86. The maximum Gasteiger partial charge on any atom is 0.352 e. The molecule has 3 atom stereocenters. The number of carbonyl (C=O) groups is 3. The van der Waals surface area contributed by atoms with Gasteiger partial charge in [-0.15, -0.1) is 23.1 Å². The molecule has 1 aromatic heterocycles. The lowest BCUT2D eigenvalue weighted by atomic mass is 10.0. The number of oxime groups is 1. The van der Waals surface area contributed by atoms with Gasteiger partial charge in [0.15, 0.2) is 10.8 Å². The van der Waals surface area contributed by atoms with Crippen LogP contribution in [-0.2, 0) is 19.2 Å². The van der Waals surface area contributed by atoms with E-state index >= 15 is 0 Å². The van der Waals surface area contributed by atoms with Gasteiger partial charge in [0.2, 0.25) is 0 Å². The first-order valence-electron chi connectivity index (χ1n) is 9.26. The van der Waals surface area contributed by atoms with Crippen molar-refractivity contribution in [2.75, 3.05) is 11.5 Å². The molecule has 10 nitrogen and oxygen atoms in total. The largest absolute Gasteiger partial charge is 0.477 e. The van der Waals surface area contributed by atoms with Gasteiger partial charge in [0, 0.05) is 11.1 Å². The van der Waals surface area contributed by atoms with Gasteiger partial charge in [-0.2, -0.15) is 0 Å². The molecule has 4 N–H and O–H groups in total. The number of thiazole rings is 1. The zero-order valence-corrected chi connectivity index (χ0v) is 17.3. The molecule has 158 valence electrons. The zero-order valence-electron chi connectivity index (χ0n) is 15.7. The predicted octanol–water partition coefficient (Wildman–Crippen LogP) is 0.923. The molecule has 12 heteroatoms. The number of aromatic nitrogens is 1. The van der Waals surface area contributed by atoms with E-state index in [4.69, 9.17) is 10.6 Å². The minimum atomic E-state index is -1.17. The number of nitrogens with zero attached hydrogens (tertiary/aromatic N) is 3. The third-order valence-corrected chi connectivity index (χ3v) is 6.68. The summed E-state index contributed by atoms with van der Waals surface area (Å²) in [5.41, 5.74) is 5.79. The van der Waals surface area contributed by atoms with Gasteiger partial charge in [0.25, 0.3) is 11.8 Å². The molecule has 0 radical (unpaired) electrons. The van der Waals surface area contributed by atoms with E-state index in [0.717, 1.165) is 30.6 Å². The quantitative estimate of drug-likeness (QED) is 0.251. The van der Waals surface area contributed by atoms with Crippen LogP contribution in [0.25, 0.3) is 0 Å². The summed E-state index contributed by atoms with van der Waals surface area (Å²) >= 11 is 2.53. The van der Waals surface area contributed by atoms with Crippen molar-refractivity contribution < 1.29 is 24.3 Å². The monoisotopic (exact) mass is 449 g/mol. The van der Waals surface area contributed by atoms with E-state index in [1.807, 2.05) is 12.2 Å². The summed E-state index contributed by atoms with van der Waals surface area (Å²) in [6, 6.07) is -0.860. The molecule has 1 saturated heterocycles. The SMILES string of the molecule is Nc1nc(/C(=N/OC2C=CCCC2)C(=O)NC2C(=O)N3C(C(=O)O)=CCS[C@H]23)cs1. The normalized spacial score (nSPS) is 25.8. The van der Waals surface area contributed by atoms with E-state index < -0.39 is 29.2 Å². The number of β-lactam (4-membered cyclic amide) rings is 1. The van der Waals surface area contributed by atoms with Crippen molar-refractivity contribution in [2.45, 2.75) is 36.8 Å². The second-order valence-corrected chi connectivity index (χ2v) is 8.83. The summed E-state index contributed by atoms with van der Waals surface area (Å²) < 4.78 is 0. The molecular weight excluding hydrogens is 430 g/mol. The Morgan fingerprint density at radius 2 is 2.27 bits per heavy atom. The van der Waals surface area contributed by atoms with Gasteiger partial charge in [0.1, 0.15) is 28.9 Å². The molecule has 0 bridgehead atoms. The number of thioether (sulfide) groups is 1. The molecule has 30 heavy (non-hydrogen) atoms. The van der Waals surface area contributed by atoms with Crippen LogP contribution in [0, 0.1) is 0 Å². The van der Waals surface area contributed by atoms with Crippen molar-refractivity contribution in [3.8, 4) is 0 Å². The highest BCUT2D eigenvalue weighted by molar-refractivity contribution is 8.00. The van der Waals surface area contributed by atoms with Gasteiger partial charge < -0.3 is 21.0 Å². The Morgan fingerprint density at radius 3 is 2.93 bits per heavy atom. The minimum Gasteiger partial charge on any atom is -0.477 e. The number of nitrogens with one attached hydrogen (secondary N) is 1. The number of carboxylic acids is 1. The van der Waals surface area contributed by atoms with E-state index in [0.29, 0.717) is 5.75 Å². The first-order chi connectivity index (χ1) is 14.5. The molecule has 4 rings (SSSR count). The Labute approximate surface area is 179 Å². The molecule has 2 amide bonds. The number of nitrogen functional groups attached to an aromatic ring is 1. The topological polar surface area (TPSA) is 147 Å². The highest BCUT2D eigenvalue weighted by Gasteiger charge is 2.53. The van der Waals surface area contributed by atoms with Gasteiger partial charge in [-0.05, 0) is 31.4 Å². The number of aliphatic carboxylic acids is 1. The number of hydrogen-bond donors (Lipinski definition) is 3. The molecule has 0 saturated carbocycles. The van der Waals surface area contributed by atoms with Crippen LogP contribution in [0.4, 0.5) is 5.13 Å². The third-order valence-electron chi connectivity index (χ3n) is 4.82. The van der Waals surface area contributed by atoms with Gasteiger partial charge in [-0.3, -0.25) is 14.5 Å². The van der Waals surface area contributed by atoms with Crippen LogP contribution in [0.15, 0.2) is 34.5 Å². The second kappa shape index (κ2) is 8.48. The number of allylic oxidation sites excluding steroid dienone is 1. The average molecular weight is 450 g/mol. The lowest BCUT2D eigenvalue weighted by Gasteiger charge is -2.48. The number of rotatable bonds is 6. The van der Waals surface area contributed by atoms with E-state index in [2.05, 4.69) is 15.5 Å². The maximum absolute atomic E-state index is 12.9. The van der Waals surface area contributed by atoms with Crippen LogP contribution in [-0.4, -0.2) is 61.8 Å². The van der Waals surface area contributed by atoms with E-state index in [-0.39, 0.29) is 28.3 Å². The van der Waals surface area contributed by atoms with Crippen molar-refractivity contribution >= 4 is 51.7 Å². The van der Waals surface area contributed by atoms with Crippen molar-refractivity contribution in [3.63, 3.8) is 0 Å². The molecule has 2 unspecified atom stereocenters. The summed E-state index contributed by atoms with van der Waals surface area (Å²) in [4.78, 5) is 47.6. The fourth-order valence-electron chi connectivity index (χ4n) is 3.34. The zero-order chi connectivity index (χ0) is 21.3. The maximum atomic E-state index is 12.9. The Hall–Kier alpha value is -2.86.